The number of benzene rings is 1. The lowest BCUT2D eigenvalue weighted by Crippen LogP contribution is -2.42. The molecule has 1 saturated carbocycles. The Morgan fingerprint density at radius 3 is 2.47 bits per heavy atom. The Hall–Kier alpha value is -1.71. The highest BCUT2D eigenvalue weighted by Crippen LogP contribution is 2.48. The SMILES string of the molecule is CCOc1cc(C2(C(=O)O)CCC2)c(OC)cc1C. The molecule has 1 fully saturated rings. The van der Waals surface area contributed by atoms with Crippen LogP contribution in [0.15, 0.2) is 12.1 Å². The van der Waals surface area contributed by atoms with Gasteiger partial charge in [0.2, 0.25) is 0 Å². The lowest BCUT2D eigenvalue weighted by molar-refractivity contribution is -0.147. The van der Waals surface area contributed by atoms with Crippen LogP contribution in [0.2, 0.25) is 0 Å². The number of rotatable bonds is 5. The molecule has 1 N–H and O–H groups in total. The fourth-order valence-electron chi connectivity index (χ4n) is 2.64. The van der Waals surface area contributed by atoms with Crippen molar-refractivity contribution in [2.45, 2.75) is 38.5 Å². The monoisotopic (exact) mass is 264 g/mol. The minimum atomic E-state index is -0.801. The van der Waals surface area contributed by atoms with Gasteiger partial charge in [-0.05, 0) is 44.4 Å². The van der Waals surface area contributed by atoms with Crippen LogP contribution in [-0.2, 0) is 10.2 Å². The van der Waals surface area contributed by atoms with E-state index in [1.165, 1.54) is 0 Å². The number of carbonyl (C=O) groups is 1. The highest BCUT2D eigenvalue weighted by Gasteiger charge is 2.48. The summed E-state index contributed by atoms with van der Waals surface area (Å²) < 4.78 is 10.9. The van der Waals surface area contributed by atoms with Crippen molar-refractivity contribution in [3.05, 3.63) is 23.3 Å². The average Bonchev–Trinajstić information content (AvgIpc) is 2.31. The molecule has 4 heteroatoms. The van der Waals surface area contributed by atoms with Crippen molar-refractivity contribution in [1.29, 1.82) is 0 Å². The van der Waals surface area contributed by atoms with Crippen LogP contribution in [-0.4, -0.2) is 24.8 Å². The predicted octanol–water partition coefficient (Wildman–Crippen LogP) is 2.91. The molecule has 1 aliphatic carbocycles. The molecule has 0 spiro atoms. The summed E-state index contributed by atoms with van der Waals surface area (Å²) in [7, 11) is 1.58. The highest BCUT2D eigenvalue weighted by molar-refractivity contribution is 5.84. The molecule has 0 aromatic heterocycles. The fourth-order valence-corrected chi connectivity index (χ4v) is 2.64. The van der Waals surface area contributed by atoms with E-state index in [1.807, 2.05) is 26.0 Å². The lowest BCUT2D eigenvalue weighted by Gasteiger charge is -2.39. The first-order valence-corrected chi connectivity index (χ1v) is 6.60. The first-order valence-electron chi connectivity index (χ1n) is 6.60. The first kappa shape index (κ1) is 13.7. The fraction of sp³-hybridized carbons (Fsp3) is 0.533. The summed E-state index contributed by atoms with van der Waals surface area (Å²) in [4.78, 5) is 11.6. The van der Waals surface area contributed by atoms with E-state index in [-0.39, 0.29) is 0 Å². The second-order valence-electron chi connectivity index (χ2n) is 4.99. The molecular weight excluding hydrogens is 244 g/mol. The van der Waals surface area contributed by atoms with Gasteiger partial charge in [-0.2, -0.15) is 0 Å². The molecule has 0 heterocycles. The zero-order valence-corrected chi connectivity index (χ0v) is 11.7. The molecule has 0 unspecified atom stereocenters. The van der Waals surface area contributed by atoms with E-state index < -0.39 is 11.4 Å². The summed E-state index contributed by atoms with van der Waals surface area (Å²) in [5, 5.41) is 9.55. The summed E-state index contributed by atoms with van der Waals surface area (Å²) in [5.74, 6) is 0.609. The first-order chi connectivity index (χ1) is 9.05. The van der Waals surface area contributed by atoms with E-state index in [0.29, 0.717) is 25.2 Å². The Morgan fingerprint density at radius 1 is 1.37 bits per heavy atom. The molecule has 0 radical (unpaired) electrons. The number of aliphatic carboxylic acids is 1. The van der Waals surface area contributed by atoms with Crippen LogP contribution < -0.4 is 9.47 Å². The lowest BCUT2D eigenvalue weighted by atomic mass is 9.64. The highest BCUT2D eigenvalue weighted by atomic mass is 16.5. The molecule has 0 bridgehead atoms. The van der Waals surface area contributed by atoms with Crippen LogP contribution in [0.5, 0.6) is 11.5 Å². The van der Waals surface area contributed by atoms with Crippen LogP contribution in [0.1, 0.15) is 37.3 Å². The summed E-state index contributed by atoms with van der Waals surface area (Å²) in [6, 6.07) is 3.70. The van der Waals surface area contributed by atoms with Crippen LogP contribution in [0.25, 0.3) is 0 Å². The van der Waals surface area contributed by atoms with Gasteiger partial charge in [0, 0.05) is 5.56 Å². The van der Waals surface area contributed by atoms with Crippen LogP contribution in [0.4, 0.5) is 0 Å². The summed E-state index contributed by atoms with van der Waals surface area (Å²) >= 11 is 0. The maximum atomic E-state index is 11.6. The van der Waals surface area contributed by atoms with Gasteiger partial charge in [0.05, 0.1) is 19.1 Å². The van der Waals surface area contributed by atoms with Crippen molar-refractivity contribution in [3.8, 4) is 11.5 Å². The normalized spacial score (nSPS) is 16.6. The summed E-state index contributed by atoms with van der Waals surface area (Å²) in [6.45, 7) is 4.41. The van der Waals surface area contributed by atoms with Gasteiger partial charge in [0.15, 0.2) is 0 Å². The second kappa shape index (κ2) is 5.11. The number of carboxylic acid groups (broad SMARTS) is 1. The summed E-state index contributed by atoms with van der Waals surface area (Å²) in [5.41, 5.74) is 0.898. The Balaban J connectivity index is 2.54. The third-order valence-electron chi connectivity index (χ3n) is 3.93. The number of aryl methyl sites for hydroxylation is 1. The Kier molecular flexibility index (Phi) is 3.69. The zero-order chi connectivity index (χ0) is 14.0. The third kappa shape index (κ3) is 2.15. The molecule has 1 aromatic carbocycles. The van der Waals surface area contributed by atoms with Gasteiger partial charge in [0.25, 0.3) is 0 Å². The van der Waals surface area contributed by atoms with E-state index in [9.17, 15) is 9.90 Å². The van der Waals surface area contributed by atoms with Crippen molar-refractivity contribution < 1.29 is 19.4 Å². The predicted molar refractivity (Wildman–Crippen MR) is 72.1 cm³/mol. The number of methoxy groups -OCH3 is 1. The molecule has 19 heavy (non-hydrogen) atoms. The molecule has 1 aromatic rings. The zero-order valence-electron chi connectivity index (χ0n) is 11.7. The smallest absolute Gasteiger partial charge is 0.314 e. The van der Waals surface area contributed by atoms with Crippen molar-refractivity contribution >= 4 is 5.97 Å². The minimum absolute atomic E-state index is 0.562. The maximum Gasteiger partial charge on any atom is 0.314 e. The topological polar surface area (TPSA) is 55.8 Å². The van der Waals surface area contributed by atoms with Gasteiger partial charge < -0.3 is 14.6 Å². The van der Waals surface area contributed by atoms with Gasteiger partial charge in [-0.3, -0.25) is 4.79 Å². The van der Waals surface area contributed by atoms with Crippen LogP contribution in [0.3, 0.4) is 0 Å². The summed E-state index contributed by atoms with van der Waals surface area (Å²) in [6.07, 6.45) is 2.26. The molecule has 1 aliphatic rings. The minimum Gasteiger partial charge on any atom is -0.496 e. The van der Waals surface area contributed by atoms with Crippen molar-refractivity contribution in [2.24, 2.45) is 0 Å². The number of hydrogen-bond acceptors (Lipinski definition) is 3. The molecule has 0 aliphatic heterocycles. The van der Waals surface area contributed by atoms with Crippen LogP contribution >= 0.6 is 0 Å². The Bertz CT molecular complexity index is 489. The van der Waals surface area contributed by atoms with E-state index in [0.717, 1.165) is 23.3 Å². The maximum absolute atomic E-state index is 11.6. The van der Waals surface area contributed by atoms with Crippen molar-refractivity contribution in [1.82, 2.24) is 0 Å². The van der Waals surface area contributed by atoms with Gasteiger partial charge >= 0.3 is 5.97 Å². The van der Waals surface area contributed by atoms with Gasteiger partial charge in [-0.25, -0.2) is 0 Å². The number of ether oxygens (including phenoxy) is 2. The van der Waals surface area contributed by atoms with Gasteiger partial charge in [0.1, 0.15) is 11.5 Å². The largest absolute Gasteiger partial charge is 0.496 e. The molecular formula is C15H20O4. The van der Waals surface area contributed by atoms with E-state index in [2.05, 4.69) is 0 Å². The Morgan fingerprint density at radius 2 is 2.05 bits per heavy atom. The molecule has 0 amide bonds. The number of hydrogen-bond donors (Lipinski definition) is 1. The molecule has 0 saturated heterocycles. The van der Waals surface area contributed by atoms with Gasteiger partial charge in [-0.15, -0.1) is 0 Å². The Labute approximate surface area is 113 Å². The van der Waals surface area contributed by atoms with E-state index in [1.54, 1.807) is 7.11 Å². The molecule has 2 rings (SSSR count). The average molecular weight is 264 g/mol. The standard InChI is InChI=1S/C15H20O4/c1-4-19-12-9-11(13(18-3)8-10(12)2)15(14(16)17)6-5-7-15/h8-9H,4-7H2,1-3H3,(H,16,17). The molecule has 4 nitrogen and oxygen atoms in total. The van der Waals surface area contributed by atoms with Crippen molar-refractivity contribution in [2.75, 3.05) is 13.7 Å². The molecule has 104 valence electrons. The van der Waals surface area contributed by atoms with E-state index in [4.69, 9.17) is 9.47 Å². The van der Waals surface area contributed by atoms with Crippen LogP contribution in [0, 0.1) is 6.92 Å². The number of carboxylic acids is 1. The van der Waals surface area contributed by atoms with E-state index >= 15 is 0 Å². The quantitative estimate of drug-likeness (QED) is 0.888. The molecule has 0 atom stereocenters. The van der Waals surface area contributed by atoms with Crippen molar-refractivity contribution in [3.63, 3.8) is 0 Å². The van der Waals surface area contributed by atoms with Gasteiger partial charge in [-0.1, -0.05) is 6.42 Å². The second-order valence-corrected chi connectivity index (χ2v) is 4.99. The third-order valence-corrected chi connectivity index (χ3v) is 3.93.